The lowest BCUT2D eigenvalue weighted by molar-refractivity contribution is 1.33. The Morgan fingerprint density at radius 2 is 0.243 bits per heavy atom. The van der Waals surface area contributed by atoms with Gasteiger partial charge < -0.3 is 0 Å². The number of pyridine rings is 4. The molecule has 4 nitrogen and oxygen atoms in total. The molecule has 0 radical (unpaired) electrons. The van der Waals surface area contributed by atoms with Crippen molar-refractivity contribution >= 4 is 11.1 Å². The van der Waals surface area contributed by atoms with Gasteiger partial charge in [0.25, 0.3) is 0 Å². The molecule has 0 unspecified atom stereocenters. The smallest absolute Gasteiger partial charge is 0.0273 e. The van der Waals surface area contributed by atoms with Crippen LogP contribution in [0.5, 0.6) is 0 Å². The summed E-state index contributed by atoms with van der Waals surface area (Å²) in [6, 6.07) is 87.8. The van der Waals surface area contributed by atoms with Crippen LogP contribution in [-0.2, 0) is 0 Å². The van der Waals surface area contributed by atoms with Crippen molar-refractivity contribution in [1.29, 1.82) is 0 Å². The van der Waals surface area contributed by atoms with Crippen LogP contribution >= 0.6 is 0 Å². The number of nitrogens with zero attached hydrogens (tertiary/aromatic N) is 4. The third-order valence-electron chi connectivity index (χ3n) is 13.9. The topological polar surface area (TPSA) is 51.6 Å². The van der Waals surface area contributed by atoms with Gasteiger partial charge in [0, 0.05) is 49.6 Å². The Labute approximate surface area is 432 Å². The Morgan fingerprint density at radius 3 is 0.378 bits per heavy atom. The molecule has 0 N–H and O–H groups in total. The van der Waals surface area contributed by atoms with E-state index in [1.165, 1.54) is 0 Å². The predicted octanol–water partition coefficient (Wildman–Crippen LogP) is 17.6. The molecule has 0 aliphatic carbocycles. The van der Waals surface area contributed by atoms with Crippen molar-refractivity contribution in [2.45, 2.75) is 0 Å². The van der Waals surface area contributed by atoms with Gasteiger partial charge in [-0.1, -0.05) is 194 Å². The van der Waals surface area contributed by atoms with Crippen molar-refractivity contribution in [2.75, 3.05) is 0 Å². The highest BCUT2D eigenvalue weighted by atomic mass is 14.6. The molecular weight excluding hydrogens is 897 g/mol. The summed E-state index contributed by atoms with van der Waals surface area (Å²) in [5, 5.41) is 0. The summed E-state index contributed by atoms with van der Waals surface area (Å²) in [4.78, 5) is 16.8. The summed E-state index contributed by atoms with van der Waals surface area (Å²) < 4.78 is 0. The molecule has 12 aromatic rings. The van der Waals surface area contributed by atoms with Crippen molar-refractivity contribution in [1.82, 2.24) is 19.9 Å². The molecule has 348 valence electrons. The lowest BCUT2D eigenvalue weighted by atomic mass is 9.84. The molecule has 74 heavy (non-hydrogen) atoms. The quantitative estimate of drug-likeness (QED) is 0.115. The molecule has 0 aliphatic heterocycles. The van der Waals surface area contributed by atoms with Crippen LogP contribution in [-0.4, -0.2) is 19.9 Å². The van der Waals surface area contributed by atoms with Gasteiger partial charge in [0.1, 0.15) is 0 Å². The molecule has 0 saturated carbocycles. The fourth-order valence-corrected chi connectivity index (χ4v) is 9.83. The molecule has 0 amide bonds. The number of aromatic nitrogens is 4. The summed E-state index contributed by atoms with van der Waals surface area (Å²) in [6.45, 7) is 0. The second-order valence-corrected chi connectivity index (χ2v) is 18.3. The first kappa shape index (κ1) is 45.3. The van der Waals surface area contributed by atoms with Crippen molar-refractivity contribution in [2.24, 2.45) is 0 Å². The normalized spacial score (nSPS) is 11.0. The predicted molar refractivity (Wildman–Crippen MR) is 305 cm³/mol. The lowest BCUT2D eigenvalue weighted by Gasteiger charge is -2.20. The Bertz CT molecular complexity index is 3290. The number of benzene rings is 8. The minimum atomic E-state index is 1.12. The molecule has 0 bridgehead atoms. The molecule has 0 aliphatic rings. The molecule has 12 rings (SSSR count). The van der Waals surface area contributed by atoms with Crippen LogP contribution in [0.15, 0.2) is 292 Å². The van der Waals surface area contributed by atoms with Crippen LogP contribution in [0.25, 0.3) is 100 Å². The maximum absolute atomic E-state index is 4.21. The molecule has 4 heterocycles. The van der Waals surface area contributed by atoms with Gasteiger partial charge in [0.15, 0.2) is 0 Å². The Morgan fingerprint density at radius 1 is 0.135 bits per heavy atom. The second-order valence-electron chi connectivity index (χ2n) is 18.3. The summed E-state index contributed by atoms with van der Waals surface area (Å²) >= 11 is 0. The molecule has 4 heteroatoms. The summed E-state index contributed by atoms with van der Waals surface area (Å²) in [5.41, 5.74) is 25.3. The SMILES string of the molecule is c1cc(-c2ccc(-c3ccc(C(=C(c4ccc(-c5ccc(-c6ccncc6)cc5)cc4)c4ccc(-c5ccc(-c6ccncc6)cc5)cc4)c4ccc(-c5ccc(-c6ccncc6)cc5)cc4)cc3)cc2)ccn1. The zero-order chi connectivity index (χ0) is 49.5. The monoisotopic (exact) mass is 944 g/mol. The third kappa shape index (κ3) is 9.76. The fraction of sp³-hybridized carbons (Fsp3) is 0. The van der Waals surface area contributed by atoms with E-state index in [0.29, 0.717) is 0 Å². The Balaban J connectivity index is 0.967. The molecule has 0 spiro atoms. The van der Waals surface area contributed by atoms with E-state index in [1.807, 2.05) is 98.1 Å². The maximum Gasteiger partial charge on any atom is 0.0273 e. The average molecular weight is 945 g/mol. The molecular formula is C70H48N4. The van der Waals surface area contributed by atoms with E-state index in [9.17, 15) is 0 Å². The van der Waals surface area contributed by atoms with E-state index in [1.54, 1.807) is 0 Å². The number of rotatable bonds is 12. The summed E-state index contributed by atoms with van der Waals surface area (Å²) in [7, 11) is 0. The molecule has 0 fully saturated rings. The first-order valence-electron chi connectivity index (χ1n) is 24.9. The Hall–Kier alpha value is -9.90. The van der Waals surface area contributed by atoms with E-state index in [-0.39, 0.29) is 0 Å². The zero-order valence-electron chi connectivity index (χ0n) is 40.5. The third-order valence-corrected chi connectivity index (χ3v) is 13.9. The molecule has 8 aromatic carbocycles. The summed E-state index contributed by atoms with van der Waals surface area (Å²) in [6.07, 6.45) is 14.7. The van der Waals surface area contributed by atoms with Crippen LogP contribution < -0.4 is 0 Å². The van der Waals surface area contributed by atoms with E-state index < -0.39 is 0 Å². The van der Waals surface area contributed by atoms with E-state index in [2.05, 4.69) is 214 Å². The van der Waals surface area contributed by atoms with Crippen LogP contribution in [0.4, 0.5) is 0 Å². The largest absolute Gasteiger partial charge is 0.265 e. The van der Waals surface area contributed by atoms with Gasteiger partial charge in [-0.25, -0.2) is 0 Å². The van der Waals surface area contributed by atoms with E-state index in [4.69, 9.17) is 0 Å². The number of hydrogen-bond acceptors (Lipinski definition) is 4. The van der Waals surface area contributed by atoms with Gasteiger partial charge in [-0.2, -0.15) is 0 Å². The number of hydrogen-bond donors (Lipinski definition) is 0. The highest BCUT2D eigenvalue weighted by Crippen LogP contribution is 2.40. The molecule has 0 saturated heterocycles. The van der Waals surface area contributed by atoms with Gasteiger partial charge in [0.05, 0.1) is 0 Å². The van der Waals surface area contributed by atoms with Crippen molar-refractivity contribution in [3.8, 4) is 89.0 Å². The lowest BCUT2D eigenvalue weighted by Crippen LogP contribution is -1.98. The van der Waals surface area contributed by atoms with Crippen molar-refractivity contribution < 1.29 is 0 Å². The zero-order valence-corrected chi connectivity index (χ0v) is 40.5. The molecule has 0 atom stereocenters. The van der Waals surface area contributed by atoms with Gasteiger partial charge in [-0.3, -0.25) is 19.9 Å². The first-order valence-corrected chi connectivity index (χ1v) is 24.9. The highest BCUT2D eigenvalue weighted by molar-refractivity contribution is 6.05. The van der Waals surface area contributed by atoms with E-state index in [0.717, 1.165) is 122 Å². The second kappa shape index (κ2) is 20.8. The van der Waals surface area contributed by atoms with E-state index >= 15 is 0 Å². The molecule has 4 aromatic heterocycles. The fourth-order valence-electron chi connectivity index (χ4n) is 9.83. The standard InChI is InChI=1S/C70H48N4/c1-9-57(61-33-41-71-42-34-61)10-2-49(1)53-17-25-65(26-18-53)69(66-27-19-54(20-28-66)50-3-11-58(12-4-50)62-35-43-72-44-36-62)70(67-29-21-55(22-30-67)51-5-13-59(14-6-51)63-37-45-73-46-38-63)68-31-23-56(24-32-68)52-7-15-60(16-8-52)64-39-47-74-48-40-64/h1-48H. The Kier molecular flexibility index (Phi) is 12.7. The van der Waals surface area contributed by atoms with Crippen LogP contribution in [0, 0.1) is 0 Å². The minimum absolute atomic E-state index is 1.12. The highest BCUT2D eigenvalue weighted by Gasteiger charge is 2.18. The van der Waals surface area contributed by atoms with Gasteiger partial charge in [-0.05, 0) is 171 Å². The average Bonchev–Trinajstić information content (AvgIpc) is 3.50. The summed E-state index contributed by atoms with van der Waals surface area (Å²) in [5.74, 6) is 0. The van der Waals surface area contributed by atoms with Gasteiger partial charge >= 0.3 is 0 Å². The first-order chi connectivity index (χ1) is 36.7. The van der Waals surface area contributed by atoms with Crippen molar-refractivity contribution in [3.05, 3.63) is 314 Å². The van der Waals surface area contributed by atoms with Gasteiger partial charge in [0.2, 0.25) is 0 Å². The van der Waals surface area contributed by atoms with Crippen molar-refractivity contribution in [3.63, 3.8) is 0 Å². The van der Waals surface area contributed by atoms with Crippen LogP contribution in [0.2, 0.25) is 0 Å². The van der Waals surface area contributed by atoms with Gasteiger partial charge in [-0.15, -0.1) is 0 Å². The maximum atomic E-state index is 4.21. The minimum Gasteiger partial charge on any atom is -0.265 e. The van der Waals surface area contributed by atoms with Crippen LogP contribution in [0.1, 0.15) is 22.3 Å². The van der Waals surface area contributed by atoms with Crippen LogP contribution in [0.3, 0.4) is 0 Å².